The highest BCUT2D eigenvalue weighted by Crippen LogP contribution is 2.34. The van der Waals surface area contributed by atoms with Gasteiger partial charge in [-0.2, -0.15) is 0 Å². The smallest absolute Gasteiger partial charge is 0.410 e. The molecule has 0 bridgehead atoms. The predicted octanol–water partition coefficient (Wildman–Crippen LogP) is 2.66. The van der Waals surface area contributed by atoms with Gasteiger partial charge in [0.1, 0.15) is 5.60 Å². The number of hydrogen-bond acceptors (Lipinski definition) is 3. The van der Waals surface area contributed by atoms with Crippen molar-refractivity contribution in [2.45, 2.75) is 45.6 Å². The van der Waals surface area contributed by atoms with Gasteiger partial charge in [0.05, 0.1) is 5.41 Å². The zero-order valence-corrected chi connectivity index (χ0v) is 11.9. The fraction of sp³-hybridized carbons (Fsp3) is 0.714. The minimum Gasteiger partial charge on any atom is -0.481 e. The van der Waals surface area contributed by atoms with Crippen molar-refractivity contribution >= 4 is 12.1 Å². The molecule has 1 unspecified atom stereocenters. The molecule has 0 spiro atoms. The monoisotopic (exact) mass is 269 g/mol. The van der Waals surface area contributed by atoms with E-state index in [2.05, 4.69) is 6.58 Å². The van der Waals surface area contributed by atoms with Crippen LogP contribution in [0.3, 0.4) is 0 Å². The summed E-state index contributed by atoms with van der Waals surface area (Å²) in [7, 11) is 0. The first-order valence-corrected chi connectivity index (χ1v) is 6.52. The Hall–Kier alpha value is -1.52. The Morgan fingerprint density at radius 1 is 1.47 bits per heavy atom. The van der Waals surface area contributed by atoms with Crippen molar-refractivity contribution in [3.8, 4) is 0 Å². The Bertz CT molecular complexity index is 372. The molecule has 5 nitrogen and oxygen atoms in total. The van der Waals surface area contributed by atoms with Gasteiger partial charge in [-0.3, -0.25) is 4.79 Å². The third-order valence-corrected chi connectivity index (χ3v) is 3.22. The molecule has 108 valence electrons. The van der Waals surface area contributed by atoms with Crippen molar-refractivity contribution in [1.82, 2.24) is 4.90 Å². The van der Waals surface area contributed by atoms with Gasteiger partial charge in [-0.15, -0.1) is 6.58 Å². The lowest BCUT2D eigenvalue weighted by atomic mass is 9.77. The first-order chi connectivity index (χ1) is 8.70. The first kappa shape index (κ1) is 15.5. The van der Waals surface area contributed by atoms with Gasteiger partial charge >= 0.3 is 12.1 Å². The second-order valence-electron chi connectivity index (χ2n) is 6.08. The summed E-state index contributed by atoms with van der Waals surface area (Å²) in [4.78, 5) is 25.0. The highest BCUT2D eigenvalue weighted by molar-refractivity contribution is 5.77. The molecule has 0 aromatic heterocycles. The maximum Gasteiger partial charge on any atom is 0.410 e. The Labute approximate surface area is 114 Å². The quantitative estimate of drug-likeness (QED) is 0.800. The summed E-state index contributed by atoms with van der Waals surface area (Å²) in [5.41, 5.74) is -1.49. The number of piperidine rings is 1. The molecule has 1 rings (SSSR count). The Morgan fingerprint density at radius 2 is 2.11 bits per heavy atom. The summed E-state index contributed by atoms with van der Waals surface area (Å²) >= 11 is 0. The number of rotatable bonds is 3. The minimum absolute atomic E-state index is 0.184. The van der Waals surface area contributed by atoms with E-state index in [1.807, 2.05) is 0 Å². The number of carboxylic acids is 1. The number of hydrogen-bond donors (Lipinski definition) is 1. The molecular formula is C14H23NO4. The summed E-state index contributed by atoms with van der Waals surface area (Å²) < 4.78 is 5.30. The topological polar surface area (TPSA) is 66.8 Å². The number of amides is 1. The van der Waals surface area contributed by atoms with Crippen molar-refractivity contribution in [2.24, 2.45) is 5.41 Å². The SMILES string of the molecule is C=CCC1(C(=O)O)CCCN(C(=O)OC(C)(C)C)C1. The van der Waals surface area contributed by atoms with Crippen LogP contribution in [0.4, 0.5) is 4.79 Å². The van der Waals surface area contributed by atoms with Crippen molar-refractivity contribution < 1.29 is 19.4 Å². The van der Waals surface area contributed by atoms with Crippen LogP contribution in [-0.4, -0.2) is 40.8 Å². The third-order valence-electron chi connectivity index (χ3n) is 3.22. The average molecular weight is 269 g/mol. The van der Waals surface area contributed by atoms with Crippen LogP contribution in [0, 0.1) is 5.41 Å². The zero-order valence-electron chi connectivity index (χ0n) is 11.9. The molecule has 0 aliphatic carbocycles. The number of carbonyl (C=O) groups is 2. The Kier molecular flexibility index (Phi) is 4.61. The molecule has 0 aromatic carbocycles. The fourth-order valence-electron chi connectivity index (χ4n) is 2.32. The molecule has 1 heterocycles. The summed E-state index contributed by atoms with van der Waals surface area (Å²) in [5.74, 6) is -0.874. The van der Waals surface area contributed by atoms with Crippen LogP contribution in [-0.2, 0) is 9.53 Å². The van der Waals surface area contributed by atoms with E-state index in [1.54, 1.807) is 26.8 Å². The van der Waals surface area contributed by atoms with Crippen LogP contribution in [0.2, 0.25) is 0 Å². The highest BCUT2D eigenvalue weighted by Gasteiger charge is 2.43. The Balaban J connectivity index is 2.80. The van der Waals surface area contributed by atoms with Gasteiger partial charge in [0, 0.05) is 13.1 Å². The molecule has 0 radical (unpaired) electrons. The van der Waals surface area contributed by atoms with Crippen LogP contribution >= 0.6 is 0 Å². The van der Waals surface area contributed by atoms with Crippen LogP contribution in [0.1, 0.15) is 40.0 Å². The third kappa shape index (κ3) is 3.98. The van der Waals surface area contributed by atoms with Crippen LogP contribution in [0.15, 0.2) is 12.7 Å². The van der Waals surface area contributed by atoms with Gasteiger partial charge in [-0.05, 0) is 40.0 Å². The van der Waals surface area contributed by atoms with Crippen molar-refractivity contribution in [3.63, 3.8) is 0 Å². The van der Waals surface area contributed by atoms with E-state index < -0.39 is 23.1 Å². The maximum atomic E-state index is 12.0. The van der Waals surface area contributed by atoms with E-state index in [0.717, 1.165) is 0 Å². The number of aliphatic carboxylic acids is 1. The molecule has 0 aromatic rings. The largest absolute Gasteiger partial charge is 0.481 e. The number of nitrogens with zero attached hydrogens (tertiary/aromatic N) is 1. The Morgan fingerprint density at radius 3 is 2.58 bits per heavy atom. The molecule has 1 atom stereocenters. The second-order valence-corrected chi connectivity index (χ2v) is 6.08. The minimum atomic E-state index is -0.920. The van der Waals surface area contributed by atoms with Gasteiger partial charge in [-0.25, -0.2) is 4.79 Å². The van der Waals surface area contributed by atoms with Crippen LogP contribution in [0.5, 0.6) is 0 Å². The molecule has 0 saturated carbocycles. The van der Waals surface area contributed by atoms with Gasteiger partial charge in [-0.1, -0.05) is 6.08 Å². The summed E-state index contributed by atoms with van der Waals surface area (Å²) in [5, 5.41) is 9.43. The standard InChI is InChI=1S/C14H23NO4/c1-5-7-14(11(16)17)8-6-9-15(10-14)12(18)19-13(2,3)4/h5H,1,6-10H2,2-4H3,(H,16,17). The summed E-state index contributed by atoms with van der Waals surface area (Å²) in [6.07, 6.45) is 2.75. The van der Waals surface area contributed by atoms with E-state index >= 15 is 0 Å². The molecule has 1 aliphatic heterocycles. The summed E-state index contributed by atoms with van der Waals surface area (Å²) in [6.45, 7) is 9.72. The fourth-order valence-corrected chi connectivity index (χ4v) is 2.32. The number of carboxylic acid groups (broad SMARTS) is 1. The van der Waals surface area contributed by atoms with E-state index in [-0.39, 0.29) is 6.54 Å². The molecule has 5 heteroatoms. The average Bonchev–Trinajstić information content (AvgIpc) is 2.27. The molecule has 1 N–H and O–H groups in total. The highest BCUT2D eigenvalue weighted by atomic mass is 16.6. The molecule has 1 aliphatic rings. The number of likely N-dealkylation sites (tertiary alicyclic amines) is 1. The van der Waals surface area contributed by atoms with E-state index in [1.165, 1.54) is 4.90 Å². The van der Waals surface area contributed by atoms with E-state index in [0.29, 0.717) is 25.8 Å². The molecular weight excluding hydrogens is 246 g/mol. The maximum absolute atomic E-state index is 12.0. The molecule has 1 saturated heterocycles. The summed E-state index contributed by atoms with van der Waals surface area (Å²) in [6, 6.07) is 0. The van der Waals surface area contributed by atoms with Gasteiger partial charge < -0.3 is 14.7 Å². The number of allylic oxidation sites excluding steroid dienone is 1. The zero-order chi connectivity index (χ0) is 14.7. The number of ether oxygens (including phenoxy) is 1. The van der Waals surface area contributed by atoms with Gasteiger partial charge in [0.25, 0.3) is 0 Å². The van der Waals surface area contributed by atoms with Crippen molar-refractivity contribution in [2.75, 3.05) is 13.1 Å². The molecule has 1 fully saturated rings. The van der Waals surface area contributed by atoms with Gasteiger partial charge in [0.15, 0.2) is 0 Å². The second kappa shape index (κ2) is 5.63. The first-order valence-electron chi connectivity index (χ1n) is 6.52. The lowest BCUT2D eigenvalue weighted by Gasteiger charge is -2.39. The van der Waals surface area contributed by atoms with E-state index in [9.17, 15) is 14.7 Å². The normalized spacial score (nSPS) is 23.8. The van der Waals surface area contributed by atoms with Crippen molar-refractivity contribution in [3.05, 3.63) is 12.7 Å². The lowest BCUT2D eigenvalue weighted by Crippen LogP contribution is -2.50. The molecule has 1 amide bonds. The van der Waals surface area contributed by atoms with Crippen LogP contribution in [0.25, 0.3) is 0 Å². The van der Waals surface area contributed by atoms with Gasteiger partial charge in [0.2, 0.25) is 0 Å². The molecule has 19 heavy (non-hydrogen) atoms. The number of carbonyl (C=O) groups excluding carboxylic acids is 1. The predicted molar refractivity (Wildman–Crippen MR) is 71.9 cm³/mol. The van der Waals surface area contributed by atoms with Crippen LogP contribution < -0.4 is 0 Å². The lowest BCUT2D eigenvalue weighted by molar-refractivity contribution is -0.152. The van der Waals surface area contributed by atoms with Crippen molar-refractivity contribution in [1.29, 1.82) is 0 Å². The van der Waals surface area contributed by atoms with E-state index in [4.69, 9.17) is 4.74 Å².